The molecule has 2 aromatic rings. The van der Waals surface area contributed by atoms with E-state index >= 15 is 0 Å². The van der Waals surface area contributed by atoms with Crippen molar-refractivity contribution in [3.8, 4) is 0 Å². The lowest BCUT2D eigenvalue weighted by Crippen LogP contribution is -2.24. The van der Waals surface area contributed by atoms with Gasteiger partial charge in [0.05, 0.1) is 15.6 Å². The normalized spacial score (nSPS) is 14.5. The van der Waals surface area contributed by atoms with Crippen LogP contribution < -0.4 is 10.5 Å². The Labute approximate surface area is 156 Å². The maximum absolute atomic E-state index is 12.8. The zero-order chi connectivity index (χ0) is 19.2. The van der Waals surface area contributed by atoms with E-state index in [1.54, 1.807) is 11.9 Å². The fraction of sp³-hybridized carbons (Fsp3) is 0.412. The number of hydrogen-bond acceptors (Lipinski definition) is 5. The highest BCUT2D eigenvalue weighted by atomic mass is 35.5. The molecule has 0 unspecified atom stereocenters. The average molecular weight is 398 g/mol. The molecule has 1 aromatic carbocycles. The van der Waals surface area contributed by atoms with Crippen LogP contribution in [-0.2, 0) is 16.9 Å². The smallest absolute Gasteiger partial charge is 0.277 e. The SMILES string of the molecule is CN(CC1CC1)c1c(S(C)(=O)=O)ccc(C(=O)c2c[nH]n(C)c2=O)c1Cl. The highest BCUT2D eigenvalue weighted by Gasteiger charge is 2.29. The molecule has 9 heteroatoms. The molecule has 0 amide bonds. The molecule has 7 nitrogen and oxygen atoms in total. The van der Waals surface area contributed by atoms with Crippen LogP contribution in [0.1, 0.15) is 28.8 Å². The molecule has 1 fully saturated rings. The fourth-order valence-electron chi connectivity index (χ4n) is 2.93. The number of H-pyrrole nitrogens is 1. The van der Waals surface area contributed by atoms with E-state index in [-0.39, 0.29) is 21.0 Å². The Morgan fingerprint density at radius 1 is 1.35 bits per heavy atom. The zero-order valence-electron chi connectivity index (χ0n) is 14.7. The van der Waals surface area contributed by atoms with Gasteiger partial charge in [0, 0.05) is 38.7 Å². The van der Waals surface area contributed by atoms with Gasteiger partial charge in [-0.3, -0.25) is 14.3 Å². The van der Waals surface area contributed by atoms with Gasteiger partial charge in [0.2, 0.25) is 5.78 Å². The molecule has 0 radical (unpaired) electrons. The van der Waals surface area contributed by atoms with E-state index in [1.165, 1.54) is 30.1 Å². The Hall–Kier alpha value is -2.06. The van der Waals surface area contributed by atoms with Crippen LogP contribution in [0.15, 0.2) is 28.0 Å². The Morgan fingerprint density at radius 2 is 2.00 bits per heavy atom. The lowest BCUT2D eigenvalue weighted by molar-refractivity contribution is 0.103. The molecule has 0 aliphatic heterocycles. The largest absolute Gasteiger partial charge is 0.372 e. The van der Waals surface area contributed by atoms with Crippen molar-refractivity contribution in [2.75, 3.05) is 24.7 Å². The summed E-state index contributed by atoms with van der Waals surface area (Å²) in [5.74, 6) is -0.0437. The summed E-state index contributed by atoms with van der Waals surface area (Å²) < 4.78 is 25.6. The lowest BCUT2D eigenvalue weighted by atomic mass is 10.0. The number of carbonyl (C=O) groups excluding carboxylic acids is 1. The molecule has 1 saturated carbocycles. The minimum absolute atomic E-state index is 0.0442. The predicted molar refractivity (Wildman–Crippen MR) is 100 cm³/mol. The van der Waals surface area contributed by atoms with Crippen molar-refractivity contribution in [2.45, 2.75) is 17.7 Å². The molecular formula is C17H20ClN3O4S. The van der Waals surface area contributed by atoms with Crippen molar-refractivity contribution < 1.29 is 13.2 Å². The molecule has 1 aromatic heterocycles. The molecule has 1 aliphatic carbocycles. The van der Waals surface area contributed by atoms with E-state index in [9.17, 15) is 18.0 Å². The van der Waals surface area contributed by atoms with Crippen LogP contribution >= 0.6 is 11.6 Å². The third kappa shape index (κ3) is 3.43. The van der Waals surface area contributed by atoms with Crippen LogP contribution in [0.25, 0.3) is 0 Å². The van der Waals surface area contributed by atoms with Crippen LogP contribution in [0.3, 0.4) is 0 Å². The molecule has 0 bridgehead atoms. The van der Waals surface area contributed by atoms with Gasteiger partial charge in [-0.15, -0.1) is 0 Å². The molecule has 0 spiro atoms. The van der Waals surface area contributed by atoms with Gasteiger partial charge >= 0.3 is 0 Å². The summed E-state index contributed by atoms with van der Waals surface area (Å²) in [6.07, 6.45) is 4.61. The molecule has 0 saturated heterocycles. The summed E-state index contributed by atoms with van der Waals surface area (Å²) >= 11 is 6.48. The Balaban J connectivity index is 2.14. The third-order valence-corrected chi connectivity index (χ3v) is 6.03. The third-order valence-electron chi connectivity index (χ3n) is 4.52. The summed E-state index contributed by atoms with van der Waals surface area (Å²) in [5, 5.41) is 2.69. The Bertz CT molecular complexity index is 1030. The number of nitrogens with zero attached hydrogens (tertiary/aromatic N) is 2. The van der Waals surface area contributed by atoms with Crippen molar-refractivity contribution in [3.63, 3.8) is 0 Å². The number of rotatable bonds is 6. The van der Waals surface area contributed by atoms with Gasteiger partial charge in [-0.05, 0) is 30.9 Å². The molecule has 3 rings (SSSR count). The molecule has 0 atom stereocenters. The first kappa shape index (κ1) is 18.7. The summed E-state index contributed by atoms with van der Waals surface area (Å²) in [6.45, 7) is 0.659. The average Bonchev–Trinajstić information content (AvgIpc) is 3.30. The van der Waals surface area contributed by atoms with Crippen LogP contribution in [0.4, 0.5) is 5.69 Å². The molecule has 140 valence electrons. The van der Waals surface area contributed by atoms with Crippen LogP contribution in [0.5, 0.6) is 0 Å². The van der Waals surface area contributed by atoms with Gasteiger partial charge in [-0.2, -0.15) is 0 Å². The van der Waals surface area contributed by atoms with E-state index < -0.39 is 21.2 Å². The summed E-state index contributed by atoms with van der Waals surface area (Å²) in [6, 6.07) is 2.74. The monoisotopic (exact) mass is 397 g/mol. The second-order valence-corrected chi connectivity index (χ2v) is 9.11. The highest BCUT2D eigenvalue weighted by molar-refractivity contribution is 7.90. The molecule has 1 aliphatic rings. The van der Waals surface area contributed by atoms with E-state index in [2.05, 4.69) is 5.10 Å². The number of hydrogen-bond donors (Lipinski definition) is 1. The number of aromatic amines is 1. The van der Waals surface area contributed by atoms with Crippen molar-refractivity contribution in [1.82, 2.24) is 9.78 Å². The first-order valence-electron chi connectivity index (χ1n) is 8.14. The van der Waals surface area contributed by atoms with Crippen LogP contribution in [0.2, 0.25) is 5.02 Å². The fourth-order valence-corrected chi connectivity index (χ4v) is 4.30. The molecule has 26 heavy (non-hydrogen) atoms. The van der Waals surface area contributed by atoms with Crippen molar-refractivity contribution in [3.05, 3.63) is 44.8 Å². The van der Waals surface area contributed by atoms with Crippen LogP contribution in [0, 0.1) is 5.92 Å². The van der Waals surface area contributed by atoms with E-state index in [0.717, 1.165) is 19.1 Å². The number of anilines is 1. The van der Waals surface area contributed by atoms with Gasteiger partial charge < -0.3 is 10.00 Å². The number of nitrogens with one attached hydrogen (secondary N) is 1. The van der Waals surface area contributed by atoms with Crippen LogP contribution in [-0.4, -0.2) is 43.8 Å². The summed E-state index contributed by atoms with van der Waals surface area (Å²) in [5.41, 5.74) is -0.101. The lowest BCUT2D eigenvalue weighted by Gasteiger charge is -2.24. The molecule has 1 heterocycles. The van der Waals surface area contributed by atoms with Crippen molar-refractivity contribution in [2.24, 2.45) is 13.0 Å². The number of sulfone groups is 1. The maximum Gasteiger partial charge on any atom is 0.277 e. The molecule has 1 N–H and O–H groups in total. The van der Waals surface area contributed by atoms with E-state index in [0.29, 0.717) is 18.2 Å². The Kier molecular flexibility index (Phi) is 4.74. The van der Waals surface area contributed by atoms with Crippen molar-refractivity contribution >= 4 is 32.9 Å². The summed E-state index contributed by atoms with van der Waals surface area (Å²) in [4.78, 5) is 26.7. The predicted octanol–water partition coefficient (Wildman–Crippen LogP) is 1.85. The Morgan fingerprint density at radius 3 is 2.50 bits per heavy atom. The number of aromatic nitrogens is 2. The minimum Gasteiger partial charge on any atom is -0.372 e. The van der Waals surface area contributed by atoms with E-state index in [4.69, 9.17) is 11.6 Å². The molecular weight excluding hydrogens is 378 g/mol. The van der Waals surface area contributed by atoms with E-state index in [1.807, 2.05) is 0 Å². The van der Waals surface area contributed by atoms with Crippen molar-refractivity contribution in [1.29, 1.82) is 0 Å². The number of carbonyl (C=O) groups is 1. The van der Waals surface area contributed by atoms with Gasteiger partial charge in [0.25, 0.3) is 5.56 Å². The summed E-state index contributed by atoms with van der Waals surface area (Å²) in [7, 11) is -0.273. The number of halogens is 1. The number of aryl methyl sites for hydroxylation is 1. The second kappa shape index (κ2) is 6.59. The standard InChI is InChI=1S/C17H20ClN3O4S/c1-20(9-10-4-5-10)15-13(26(3,24)25)7-6-11(14(15)18)16(22)12-8-19-21(2)17(12)23/h6-8,10,19H,4-5,9H2,1-3H3. The van der Waals surface area contributed by atoms with Gasteiger partial charge in [0.1, 0.15) is 5.56 Å². The first-order chi connectivity index (χ1) is 12.1. The maximum atomic E-state index is 12.8. The minimum atomic E-state index is -3.54. The zero-order valence-corrected chi connectivity index (χ0v) is 16.3. The quantitative estimate of drug-likeness (QED) is 0.751. The second-order valence-electron chi connectivity index (χ2n) is 6.75. The number of benzene rings is 1. The number of ketones is 1. The van der Waals surface area contributed by atoms with Gasteiger partial charge in [-0.25, -0.2) is 8.42 Å². The van der Waals surface area contributed by atoms with Gasteiger partial charge in [0.15, 0.2) is 9.84 Å². The van der Waals surface area contributed by atoms with Gasteiger partial charge in [-0.1, -0.05) is 11.6 Å². The highest BCUT2D eigenvalue weighted by Crippen LogP contribution is 2.38. The topological polar surface area (TPSA) is 92.2 Å². The first-order valence-corrected chi connectivity index (χ1v) is 10.4.